The van der Waals surface area contributed by atoms with Crippen molar-refractivity contribution in [3.63, 3.8) is 0 Å². The lowest BCUT2D eigenvalue weighted by atomic mass is 10.1. The molecule has 3 rings (SSSR count). The summed E-state index contributed by atoms with van der Waals surface area (Å²) < 4.78 is 0. The van der Waals surface area contributed by atoms with Gasteiger partial charge in [-0.05, 0) is 36.8 Å². The van der Waals surface area contributed by atoms with Gasteiger partial charge in [0.05, 0.1) is 0 Å². The molecule has 2 nitrogen and oxygen atoms in total. The van der Waals surface area contributed by atoms with Crippen LogP contribution >= 0.6 is 0 Å². The summed E-state index contributed by atoms with van der Waals surface area (Å²) in [4.78, 5) is 2.70. The molecule has 0 radical (unpaired) electrons. The molecule has 98 valence electrons. The van der Waals surface area contributed by atoms with Crippen LogP contribution in [0.1, 0.15) is 32.3 Å². The maximum Gasteiger partial charge on any atom is 0.0429 e. The topological polar surface area (TPSA) is 15.3 Å². The number of hydrogen-bond donors (Lipinski definition) is 1. The summed E-state index contributed by atoms with van der Waals surface area (Å²) in [5, 5.41) is 3.68. The minimum Gasteiger partial charge on any atom is -0.380 e. The fourth-order valence-corrected chi connectivity index (χ4v) is 3.05. The summed E-state index contributed by atoms with van der Waals surface area (Å²) in [6.07, 6.45) is 4.01. The van der Waals surface area contributed by atoms with E-state index in [4.69, 9.17) is 0 Å². The van der Waals surface area contributed by atoms with E-state index in [2.05, 4.69) is 48.3 Å². The second-order valence-electron chi connectivity index (χ2n) is 6.28. The Labute approximate surface area is 110 Å². The van der Waals surface area contributed by atoms with Crippen LogP contribution in [0.3, 0.4) is 0 Å². The van der Waals surface area contributed by atoms with E-state index in [1.54, 1.807) is 0 Å². The molecule has 0 amide bonds. The van der Waals surface area contributed by atoms with E-state index >= 15 is 0 Å². The first-order chi connectivity index (χ1) is 8.72. The molecule has 2 aliphatic rings. The number of fused-ring (bicyclic) bond motifs is 1. The SMILES string of the molecule is CC(C)CN(CC1Cc2ccccc2N1)C1CC1. The predicted molar refractivity (Wildman–Crippen MR) is 77.0 cm³/mol. The first-order valence-corrected chi connectivity index (χ1v) is 7.31. The number of rotatable bonds is 5. The third-order valence-corrected chi connectivity index (χ3v) is 3.96. The number of nitrogens with one attached hydrogen (secondary N) is 1. The van der Waals surface area contributed by atoms with E-state index in [-0.39, 0.29) is 0 Å². The lowest BCUT2D eigenvalue weighted by Crippen LogP contribution is -2.39. The lowest BCUT2D eigenvalue weighted by molar-refractivity contribution is 0.226. The Morgan fingerprint density at radius 3 is 2.72 bits per heavy atom. The largest absolute Gasteiger partial charge is 0.380 e. The minimum atomic E-state index is 0.613. The summed E-state index contributed by atoms with van der Waals surface area (Å²) in [5.74, 6) is 0.773. The number of anilines is 1. The second-order valence-corrected chi connectivity index (χ2v) is 6.28. The maximum atomic E-state index is 3.68. The van der Waals surface area contributed by atoms with E-state index in [0.29, 0.717) is 6.04 Å². The van der Waals surface area contributed by atoms with Crippen molar-refractivity contribution >= 4 is 5.69 Å². The molecule has 1 atom stereocenters. The molecule has 1 aromatic rings. The van der Waals surface area contributed by atoms with E-state index < -0.39 is 0 Å². The number of hydrogen-bond acceptors (Lipinski definition) is 2. The Morgan fingerprint density at radius 1 is 1.28 bits per heavy atom. The first-order valence-electron chi connectivity index (χ1n) is 7.31. The van der Waals surface area contributed by atoms with Crippen LogP contribution in [0, 0.1) is 5.92 Å². The van der Waals surface area contributed by atoms with Gasteiger partial charge in [0, 0.05) is 30.9 Å². The van der Waals surface area contributed by atoms with Crippen LogP contribution in [0.2, 0.25) is 0 Å². The average molecular weight is 244 g/mol. The molecule has 1 fully saturated rings. The fraction of sp³-hybridized carbons (Fsp3) is 0.625. The molecular formula is C16H24N2. The maximum absolute atomic E-state index is 3.68. The minimum absolute atomic E-state index is 0.613. The van der Waals surface area contributed by atoms with Gasteiger partial charge < -0.3 is 5.32 Å². The van der Waals surface area contributed by atoms with Gasteiger partial charge in [0.15, 0.2) is 0 Å². The summed E-state index contributed by atoms with van der Waals surface area (Å²) in [5.41, 5.74) is 2.84. The van der Waals surface area contributed by atoms with E-state index in [9.17, 15) is 0 Å². The van der Waals surface area contributed by atoms with Gasteiger partial charge in [0.25, 0.3) is 0 Å². The average Bonchev–Trinajstić information content (AvgIpc) is 3.08. The second kappa shape index (κ2) is 4.93. The molecule has 1 aliphatic heterocycles. The summed E-state index contributed by atoms with van der Waals surface area (Å²) in [7, 11) is 0. The van der Waals surface area contributed by atoms with E-state index in [1.165, 1.54) is 43.6 Å². The van der Waals surface area contributed by atoms with Gasteiger partial charge in [-0.3, -0.25) is 4.90 Å². The Bertz CT molecular complexity index is 384. The molecule has 0 bridgehead atoms. The highest BCUT2D eigenvalue weighted by atomic mass is 15.2. The summed E-state index contributed by atoms with van der Waals surface area (Å²) >= 11 is 0. The van der Waals surface area contributed by atoms with Crippen LogP contribution in [-0.2, 0) is 6.42 Å². The van der Waals surface area contributed by atoms with Gasteiger partial charge in [0.2, 0.25) is 0 Å². The van der Waals surface area contributed by atoms with Crippen LogP contribution in [0.4, 0.5) is 5.69 Å². The molecule has 1 aromatic carbocycles. The molecule has 1 heterocycles. The van der Waals surface area contributed by atoms with Crippen LogP contribution in [0.5, 0.6) is 0 Å². The van der Waals surface area contributed by atoms with Crippen molar-refractivity contribution in [2.75, 3.05) is 18.4 Å². The van der Waals surface area contributed by atoms with Crippen molar-refractivity contribution in [2.24, 2.45) is 5.92 Å². The Balaban J connectivity index is 1.60. The molecule has 1 saturated carbocycles. The van der Waals surface area contributed by atoms with E-state index in [0.717, 1.165) is 12.0 Å². The molecule has 2 heteroatoms. The zero-order chi connectivity index (χ0) is 12.5. The molecule has 1 N–H and O–H groups in total. The van der Waals surface area contributed by atoms with Crippen LogP contribution in [-0.4, -0.2) is 30.1 Å². The van der Waals surface area contributed by atoms with Crippen molar-refractivity contribution in [2.45, 2.75) is 45.2 Å². The Morgan fingerprint density at radius 2 is 2.06 bits per heavy atom. The van der Waals surface area contributed by atoms with Gasteiger partial charge in [-0.15, -0.1) is 0 Å². The fourth-order valence-electron chi connectivity index (χ4n) is 3.05. The molecule has 1 aliphatic carbocycles. The highest BCUT2D eigenvalue weighted by Gasteiger charge is 2.32. The quantitative estimate of drug-likeness (QED) is 0.856. The predicted octanol–water partition coefficient (Wildman–Crippen LogP) is 3.14. The molecule has 0 aromatic heterocycles. The Kier molecular flexibility index (Phi) is 3.29. The van der Waals surface area contributed by atoms with Gasteiger partial charge in [0.1, 0.15) is 0 Å². The molecule has 0 spiro atoms. The third kappa shape index (κ3) is 2.69. The first kappa shape index (κ1) is 12.0. The van der Waals surface area contributed by atoms with Gasteiger partial charge in [-0.25, -0.2) is 0 Å². The van der Waals surface area contributed by atoms with Crippen molar-refractivity contribution in [3.8, 4) is 0 Å². The van der Waals surface area contributed by atoms with Crippen molar-refractivity contribution in [1.29, 1.82) is 0 Å². The number of para-hydroxylation sites is 1. The van der Waals surface area contributed by atoms with Crippen molar-refractivity contribution in [1.82, 2.24) is 4.90 Å². The van der Waals surface area contributed by atoms with Crippen LogP contribution in [0.15, 0.2) is 24.3 Å². The third-order valence-electron chi connectivity index (χ3n) is 3.96. The molecule has 18 heavy (non-hydrogen) atoms. The smallest absolute Gasteiger partial charge is 0.0429 e. The molecular weight excluding hydrogens is 220 g/mol. The lowest BCUT2D eigenvalue weighted by Gasteiger charge is -2.27. The monoisotopic (exact) mass is 244 g/mol. The number of nitrogens with zero attached hydrogens (tertiary/aromatic N) is 1. The molecule has 0 saturated heterocycles. The van der Waals surface area contributed by atoms with Crippen molar-refractivity contribution in [3.05, 3.63) is 29.8 Å². The Hall–Kier alpha value is -1.02. The summed E-state index contributed by atoms with van der Waals surface area (Å²) in [6, 6.07) is 10.2. The van der Waals surface area contributed by atoms with Crippen LogP contribution in [0.25, 0.3) is 0 Å². The van der Waals surface area contributed by atoms with Crippen molar-refractivity contribution < 1.29 is 0 Å². The zero-order valence-corrected chi connectivity index (χ0v) is 11.5. The highest BCUT2D eigenvalue weighted by Crippen LogP contribution is 2.30. The molecule has 1 unspecified atom stereocenters. The zero-order valence-electron chi connectivity index (χ0n) is 11.5. The van der Waals surface area contributed by atoms with E-state index in [1.807, 2.05) is 0 Å². The summed E-state index contributed by atoms with van der Waals surface area (Å²) in [6.45, 7) is 7.11. The van der Waals surface area contributed by atoms with Gasteiger partial charge in [-0.1, -0.05) is 32.0 Å². The van der Waals surface area contributed by atoms with Gasteiger partial charge >= 0.3 is 0 Å². The standard InChI is InChI=1S/C16H24N2/c1-12(2)10-18(15-7-8-15)11-14-9-13-5-3-4-6-16(13)17-14/h3-6,12,14-15,17H,7-11H2,1-2H3. The normalized spacial score (nSPS) is 22.3. The highest BCUT2D eigenvalue weighted by molar-refractivity contribution is 5.56. The van der Waals surface area contributed by atoms with Crippen LogP contribution < -0.4 is 5.32 Å². The van der Waals surface area contributed by atoms with Gasteiger partial charge in [-0.2, -0.15) is 0 Å². The number of benzene rings is 1.